The fourth-order valence-electron chi connectivity index (χ4n) is 3.03. The van der Waals surface area contributed by atoms with E-state index in [0.717, 1.165) is 24.4 Å². The Morgan fingerprint density at radius 1 is 1.33 bits per heavy atom. The average molecular weight is 325 g/mol. The number of hydrogen-bond donors (Lipinski definition) is 1. The molecule has 1 atom stereocenters. The first-order chi connectivity index (χ1) is 11.5. The first-order valence-corrected chi connectivity index (χ1v) is 8.16. The summed E-state index contributed by atoms with van der Waals surface area (Å²) in [5.74, 6) is 1.57. The highest BCUT2D eigenvalue weighted by molar-refractivity contribution is 6.11. The van der Waals surface area contributed by atoms with Crippen molar-refractivity contribution in [2.45, 2.75) is 38.1 Å². The van der Waals surface area contributed by atoms with E-state index in [1.165, 1.54) is 0 Å². The van der Waals surface area contributed by atoms with Gasteiger partial charge < -0.3 is 5.32 Å². The summed E-state index contributed by atoms with van der Waals surface area (Å²) >= 11 is 0. The second kappa shape index (κ2) is 5.43. The van der Waals surface area contributed by atoms with Crippen LogP contribution in [0.4, 0.5) is 11.4 Å². The summed E-state index contributed by atoms with van der Waals surface area (Å²) in [6, 6.07) is 6.78. The van der Waals surface area contributed by atoms with Gasteiger partial charge in [-0.25, -0.2) is 4.98 Å². The van der Waals surface area contributed by atoms with Gasteiger partial charge in [0, 0.05) is 13.0 Å². The number of benzene rings is 1. The third-order valence-electron chi connectivity index (χ3n) is 4.58. The molecule has 0 spiro atoms. The van der Waals surface area contributed by atoms with Crippen molar-refractivity contribution in [3.05, 3.63) is 35.9 Å². The first-order valence-electron chi connectivity index (χ1n) is 8.16. The SMILES string of the molecule is C[C@H]1C(=O)Nc2ccccc2N1C(=O)Cc1nc(C2CC2)nn1C. The number of aryl methyl sites for hydroxylation is 1. The van der Waals surface area contributed by atoms with E-state index < -0.39 is 6.04 Å². The fourth-order valence-corrected chi connectivity index (χ4v) is 3.03. The number of aromatic nitrogens is 3. The van der Waals surface area contributed by atoms with Crippen molar-refractivity contribution in [1.29, 1.82) is 0 Å². The van der Waals surface area contributed by atoms with Crippen molar-refractivity contribution in [3.63, 3.8) is 0 Å². The van der Waals surface area contributed by atoms with E-state index in [-0.39, 0.29) is 18.2 Å². The Morgan fingerprint density at radius 2 is 2.08 bits per heavy atom. The Balaban J connectivity index is 1.62. The lowest BCUT2D eigenvalue weighted by atomic mass is 10.1. The van der Waals surface area contributed by atoms with Gasteiger partial charge in [0.05, 0.1) is 17.8 Å². The molecule has 2 aromatic rings. The summed E-state index contributed by atoms with van der Waals surface area (Å²) in [4.78, 5) is 31.1. The predicted octanol–water partition coefficient (Wildman–Crippen LogP) is 1.61. The van der Waals surface area contributed by atoms with Gasteiger partial charge in [0.1, 0.15) is 11.9 Å². The number of amides is 2. The lowest BCUT2D eigenvalue weighted by Gasteiger charge is -2.34. The van der Waals surface area contributed by atoms with Crippen LogP contribution in [0.1, 0.15) is 37.3 Å². The maximum absolute atomic E-state index is 12.9. The zero-order valence-corrected chi connectivity index (χ0v) is 13.7. The topological polar surface area (TPSA) is 80.1 Å². The van der Waals surface area contributed by atoms with Gasteiger partial charge in [-0.3, -0.25) is 19.2 Å². The second-order valence-corrected chi connectivity index (χ2v) is 6.41. The molecular formula is C17H19N5O2. The molecule has 1 saturated carbocycles. The Bertz CT molecular complexity index is 824. The summed E-state index contributed by atoms with van der Waals surface area (Å²) in [6.07, 6.45) is 2.37. The van der Waals surface area contributed by atoms with E-state index in [1.807, 2.05) is 25.2 Å². The first kappa shape index (κ1) is 14.9. The maximum atomic E-state index is 12.9. The van der Waals surface area contributed by atoms with E-state index >= 15 is 0 Å². The number of rotatable bonds is 3. The van der Waals surface area contributed by atoms with Crippen LogP contribution in [0.5, 0.6) is 0 Å². The number of carbonyl (C=O) groups is 2. The number of nitrogens with one attached hydrogen (secondary N) is 1. The van der Waals surface area contributed by atoms with Crippen LogP contribution in [-0.2, 0) is 23.1 Å². The number of nitrogens with zero attached hydrogens (tertiary/aromatic N) is 4. The highest BCUT2D eigenvalue weighted by Gasteiger charge is 2.34. The zero-order valence-electron chi connectivity index (χ0n) is 13.7. The third kappa shape index (κ3) is 2.46. The molecule has 1 fully saturated rings. The van der Waals surface area contributed by atoms with Crippen molar-refractivity contribution in [2.24, 2.45) is 7.05 Å². The zero-order chi connectivity index (χ0) is 16.8. The molecular weight excluding hydrogens is 306 g/mol. The highest BCUT2D eigenvalue weighted by atomic mass is 16.2. The molecule has 24 heavy (non-hydrogen) atoms. The standard InChI is InChI=1S/C17H19N5O2/c1-10-17(24)18-12-5-3-4-6-13(12)22(10)15(23)9-14-19-16(11-7-8-11)20-21(14)2/h3-6,10-11H,7-9H2,1-2H3,(H,18,24)/t10-/m0/s1. The normalized spacial score (nSPS) is 19.8. The van der Waals surface area contributed by atoms with Gasteiger partial charge in [0.25, 0.3) is 0 Å². The minimum absolute atomic E-state index is 0.127. The van der Waals surface area contributed by atoms with Crippen LogP contribution in [0, 0.1) is 0 Å². The highest BCUT2D eigenvalue weighted by Crippen LogP contribution is 2.38. The predicted molar refractivity (Wildman–Crippen MR) is 88.7 cm³/mol. The van der Waals surface area contributed by atoms with Crippen molar-refractivity contribution in [3.8, 4) is 0 Å². The van der Waals surface area contributed by atoms with Crippen LogP contribution >= 0.6 is 0 Å². The molecule has 0 bridgehead atoms. The minimum atomic E-state index is -0.552. The lowest BCUT2D eigenvalue weighted by molar-refractivity contribution is -0.123. The van der Waals surface area contributed by atoms with Gasteiger partial charge in [-0.15, -0.1) is 0 Å². The van der Waals surface area contributed by atoms with Crippen LogP contribution in [-0.4, -0.2) is 32.6 Å². The maximum Gasteiger partial charge on any atom is 0.247 e. The van der Waals surface area contributed by atoms with Gasteiger partial charge >= 0.3 is 0 Å². The molecule has 7 nitrogen and oxygen atoms in total. The summed E-state index contributed by atoms with van der Waals surface area (Å²) in [5.41, 5.74) is 1.38. The monoisotopic (exact) mass is 325 g/mol. The lowest BCUT2D eigenvalue weighted by Crippen LogP contribution is -2.50. The van der Waals surface area contributed by atoms with Gasteiger partial charge in [-0.05, 0) is 31.9 Å². The van der Waals surface area contributed by atoms with Gasteiger partial charge in [-0.2, -0.15) is 5.10 Å². The van der Waals surface area contributed by atoms with Crippen LogP contribution < -0.4 is 10.2 Å². The number of fused-ring (bicyclic) bond motifs is 1. The number of hydrogen-bond acceptors (Lipinski definition) is 4. The molecule has 2 aliphatic rings. The van der Waals surface area contributed by atoms with Crippen molar-refractivity contribution < 1.29 is 9.59 Å². The molecule has 1 aromatic heterocycles. The van der Waals surface area contributed by atoms with Gasteiger partial charge in [0.15, 0.2) is 5.82 Å². The quantitative estimate of drug-likeness (QED) is 0.930. The Morgan fingerprint density at radius 3 is 2.83 bits per heavy atom. The average Bonchev–Trinajstić information content (AvgIpc) is 3.34. The molecule has 7 heteroatoms. The molecule has 1 aliphatic heterocycles. The smallest absolute Gasteiger partial charge is 0.247 e. The van der Waals surface area contributed by atoms with Crippen LogP contribution in [0.2, 0.25) is 0 Å². The Kier molecular flexibility index (Phi) is 3.37. The molecule has 1 aromatic carbocycles. The van der Waals surface area contributed by atoms with Crippen LogP contribution in [0.3, 0.4) is 0 Å². The van der Waals surface area contributed by atoms with Crippen LogP contribution in [0.25, 0.3) is 0 Å². The van der Waals surface area contributed by atoms with Gasteiger partial charge in [-0.1, -0.05) is 12.1 Å². The molecule has 124 valence electrons. The van der Waals surface area contributed by atoms with Crippen molar-refractivity contribution in [2.75, 3.05) is 10.2 Å². The number of para-hydroxylation sites is 2. The van der Waals surface area contributed by atoms with Crippen molar-refractivity contribution in [1.82, 2.24) is 14.8 Å². The third-order valence-corrected chi connectivity index (χ3v) is 4.58. The fraction of sp³-hybridized carbons (Fsp3) is 0.412. The molecule has 0 radical (unpaired) electrons. The molecule has 2 heterocycles. The molecule has 4 rings (SSSR count). The summed E-state index contributed by atoms with van der Waals surface area (Å²) < 4.78 is 1.67. The largest absolute Gasteiger partial charge is 0.322 e. The van der Waals surface area contributed by atoms with E-state index in [1.54, 1.807) is 22.6 Å². The Hall–Kier alpha value is -2.70. The molecule has 1 aliphatic carbocycles. The molecule has 1 N–H and O–H groups in total. The van der Waals surface area contributed by atoms with Crippen LogP contribution in [0.15, 0.2) is 24.3 Å². The van der Waals surface area contributed by atoms with Crippen molar-refractivity contribution >= 4 is 23.2 Å². The minimum Gasteiger partial charge on any atom is -0.322 e. The summed E-state index contributed by atoms with van der Waals surface area (Å²) in [7, 11) is 1.81. The molecule has 0 unspecified atom stereocenters. The summed E-state index contributed by atoms with van der Waals surface area (Å²) in [6.45, 7) is 1.73. The summed E-state index contributed by atoms with van der Waals surface area (Å²) in [5, 5.41) is 7.24. The molecule has 0 saturated heterocycles. The van der Waals surface area contributed by atoms with Gasteiger partial charge in [0.2, 0.25) is 11.8 Å². The molecule has 2 amide bonds. The van der Waals surface area contributed by atoms with E-state index in [0.29, 0.717) is 17.4 Å². The number of carbonyl (C=O) groups excluding carboxylic acids is 2. The number of anilines is 2. The van der Waals surface area contributed by atoms with E-state index in [4.69, 9.17) is 0 Å². The second-order valence-electron chi connectivity index (χ2n) is 6.41. The van der Waals surface area contributed by atoms with E-state index in [9.17, 15) is 9.59 Å². The van der Waals surface area contributed by atoms with E-state index in [2.05, 4.69) is 15.4 Å². The Labute approximate surface area is 139 Å².